The Morgan fingerprint density at radius 1 is 1.05 bits per heavy atom. The SMILES string of the molecule is CCCCCNC(=O)c1ccccc1NC(=O)c1cccs1. The molecule has 2 rings (SSSR count). The van der Waals surface area contributed by atoms with E-state index >= 15 is 0 Å². The molecule has 0 aliphatic carbocycles. The largest absolute Gasteiger partial charge is 0.352 e. The van der Waals surface area contributed by atoms with Crippen LogP contribution in [-0.4, -0.2) is 18.4 Å². The molecular formula is C17H20N2O2S. The second kappa shape index (κ2) is 8.34. The number of nitrogens with one attached hydrogen (secondary N) is 2. The van der Waals surface area contributed by atoms with E-state index in [2.05, 4.69) is 17.6 Å². The Kier molecular flexibility index (Phi) is 6.15. The highest BCUT2D eigenvalue weighted by molar-refractivity contribution is 7.12. The van der Waals surface area contributed by atoms with Crippen LogP contribution in [0, 0.1) is 0 Å². The predicted octanol–water partition coefficient (Wildman–Crippen LogP) is 3.92. The number of hydrogen-bond donors (Lipinski definition) is 2. The lowest BCUT2D eigenvalue weighted by molar-refractivity contribution is 0.0954. The summed E-state index contributed by atoms with van der Waals surface area (Å²) in [6.45, 7) is 2.77. The fourth-order valence-electron chi connectivity index (χ4n) is 2.05. The number of rotatable bonds is 7. The topological polar surface area (TPSA) is 58.2 Å². The Morgan fingerprint density at radius 3 is 2.59 bits per heavy atom. The van der Waals surface area contributed by atoms with Crippen molar-refractivity contribution < 1.29 is 9.59 Å². The first-order chi connectivity index (χ1) is 10.7. The Morgan fingerprint density at radius 2 is 1.86 bits per heavy atom. The van der Waals surface area contributed by atoms with Crippen LogP contribution in [0.5, 0.6) is 0 Å². The van der Waals surface area contributed by atoms with Crippen molar-refractivity contribution in [1.82, 2.24) is 5.32 Å². The minimum absolute atomic E-state index is 0.154. The molecule has 0 aliphatic rings. The van der Waals surface area contributed by atoms with Crippen LogP contribution in [0.1, 0.15) is 46.2 Å². The molecule has 22 heavy (non-hydrogen) atoms. The molecule has 0 saturated carbocycles. The van der Waals surface area contributed by atoms with Gasteiger partial charge in [-0.05, 0) is 30.0 Å². The molecule has 2 aromatic rings. The van der Waals surface area contributed by atoms with Gasteiger partial charge in [-0.25, -0.2) is 0 Å². The minimum atomic E-state index is -0.193. The van der Waals surface area contributed by atoms with Gasteiger partial charge in [0.25, 0.3) is 11.8 Å². The second-order valence-corrected chi connectivity index (χ2v) is 5.89. The third-order valence-corrected chi connectivity index (χ3v) is 4.10. The average molecular weight is 316 g/mol. The van der Waals surface area contributed by atoms with Crippen molar-refractivity contribution in [2.75, 3.05) is 11.9 Å². The summed E-state index contributed by atoms with van der Waals surface area (Å²) in [6, 6.07) is 10.6. The highest BCUT2D eigenvalue weighted by Crippen LogP contribution is 2.18. The molecule has 1 heterocycles. The van der Waals surface area contributed by atoms with Crippen LogP contribution in [0.25, 0.3) is 0 Å². The monoisotopic (exact) mass is 316 g/mol. The van der Waals surface area contributed by atoms with Crippen LogP contribution in [0.2, 0.25) is 0 Å². The van der Waals surface area contributed by atoms with E-state index in [4.69, 9.17) is 0 Å². The third-order valence-electron chi connectivity index (χ3n) is 3.23. The molecule has 0 aliphatic heterocycles. The number of benzene rings is 1. The van der Waals surface area contributed by atoms with E-state index in [0.717, 1.165) is 19.3 Å². The van der Waals surface area contributed by atoms with Crippen molar-refractivity contribution in [3.8, 4) is 0 Å². The number of thiophene rings is 1. The van der Waals surface area contributed by atoms with E-state index in [1.807, 2.05) is 11.4 Å². The van der Waals surface area contributed by atoms with E-state index in [0.29, 0.717) is 22.7 Å². The number of amides is 2. The molecule has 0 saturated heterocycles. The van der Waals surface area contributed by atoms with Crippen molar-refractivity contribution in [1.29, 1.82) is 0 Å². The van der Waals surface area contributed by atoms with Crippen LogP contribution in [0.15, 0.2) is 41.8 Å². The summed E-state index contributed by atoms with van der Waals surface area (Å²) in [4.78, 5) is 25.0. The van der Waals surface area contributed by atoms with Gasteiger partial charge in [-0.2, -0.15) is 0 Å². The van der Waals surface area contributed by atoms with Gasteiger partial charge in [-0.3, -0.25) is 9.59 Å². The van der Waals surface area contributed by atoms with Crippen molar-refractivity contribution in [3.05, 3.63) is 52.2 Å². The molecule has 0 unspecified atom stereocenters. The molecule has 0 radical (unpaired) electrons. The van der Waals surface area contributed by atoms with Crippen LogP contribution in [0.3, 0.4) is 0 Å². The van der Waals surface area contributed by atoms with Gasteiger partial charge in [0.15, 0.2) is 0 Å². The zero-order valence-electron chi connectivity index (χ0n) is 12.6. The standard InChI is InChI=1S/C17H20N2O2S/c1-2-3-6-11-18-16(20)13-8-4-5-9-14(13)19-17(21)15-10-7-12-22-15/h4-5,7-10,12H,2-3,6,11H2,1H3,(H,18,20)(H,19,21). The van der Waals surface area contributed by atoms with Crippen LogP contribution < -0.4 is 10.6 Å². The maximum absolute atomic E-state index is 12.2. The average Bonchev–Trinajstić information content (AvgIpc) is 3.06. The molecule has 1 aromatic heterocycles. The molecule has 2 N–H and O–H groups in total. The highest BCUT2D eigenvalue weighted by atomic mass is 32.1. The molecular weight excluding hydrogens is 296 g/mol. The zero-order valence-corrected chi connectivity index (χ0v) is 13.4. The molecule has 0 bridgehead atoms. The number of unbranched alkanes of at least 4 members (excludes halogenated alkanes) is 2. The number of carbonyl (C=O) groups is 2. The first-order valence-electron chi connectivity index (χ1n) is 7.44. The maximum atomic E-state index is 12.2. The lowest BCUT2D eigenvalue weighted by atomic mass is 10.1. The van der Waals surface area contributed by atoms with Crippen molar-refractivity contribution >= 4 is 28.8 Å². The predicted molar refractivity (Wildman–Crippen MR) is 90.6 cm³/mol. The number of para-hydroxylation sites is 1. The Bertz CT molecular complexity index is 623. The Hall–Kier alpha value is -2.14. The summed E-state index contributed by atoms with van der Waals surface area (Å²) in [6.07, 6.45) is 3.17. The van der Waals surface area contributed by atoms with Crippen LogP contribution in [-0.2, 0) is 0 Å². The zero-order chi connectivity index (χ0) is 15.8. The summed E-state index contributed by atoms with van der Waals surface area (Å²) in [5, 5.41) is 7.55. The molecule has 0 atom stereocenters. The van der Waals surface area contributed by atoms with E-state index in [-0.39, 0.29) is 11.8 Å². The van der Waals surface area contributed by atoms with Gasteiger partial charge in [-0.15, -0.1) is 11.3 Å². The molecule has 2 amide bonds. The molecule has 0 fully saturated rings. The van der Waals surface area contributed by atoms with Crippen molar-refractivity contribution in [2.24, 2.45) is 0 Å². The number of anilines is 1. The quantitative estimate of drug-likeness (QED) is 0.761. The van der Waals surface area contributed by atoms with Crippen LogP contribution in [0.4, 0.5) is 5.69 Å². The minimum Gasteiger partial charge on any atom is -0.352 e. The first-order valence-corrected chi connectivity index (χ1v) is 8.32. The molecule has 116 valence electrons. The molecule has 5 heteroatoms. The van der Waals surface area contributed by atoms with Gasteiger partial charge in [0, 0.05) is 6.54 Å². The summed E-state index contributed by atoms with van der Waals surface area (Å²) >= 11 is 1.37. The summed E-state index contributed by atoms with van der Waals surface area (Å²) in [7, 11) is 0. The number of hydrogen-bond acceptors (Lipinski definition) is 3. The first kappa shape index (κ1) is 16.2. The lowest BCUT2D eigenvalue weighted by Crippen LogP contribution is -2.26. The van der Waals surface area contributed by atoms with Gasteiger partial charge < -0.3 is 10.6 Å². The van der Waals surface area contributed by atoms with Crippen molar-refractivity contribution in [3.63, 3.8) is 0 Å². The Labute approximate surface area is 134 Å². The van der Waals surface area contributed by atoms with Gasteiger partial charge in [-0.1, -0.05) is 38.0 Å². The van der Waals surface area contributed by atoms with Gasteiger partial charge in [0.1, 0.15) is 0 Å². The van der Waals surface area contributed by atoms with Gasteiger partial charge in [0.2, 0.25) is 0 Å². The molecule has 4 nitrogen and oxygen atoms in total. The number of carbonyl (C=O) groups excluding carboxylic acids is 2. The van der Waals surface area contributed by atoms with Crippen molar-refractivity contribution in [2.45, 2.75) is 26.2 Å². The Balaban J connectivity index is 2.03. The van der Waals surface area contributed by atoms with Gasteiger partial charge in [0.05, 0.1) is 16.1 Å². The smallest absolute Gasteiger partial charge is 0.265 e. The molecule has 0 spiro atoms. The highest BCUT2D eigenvalue weighted by Gasteiger charge is 2.14. The van der Waals surface area contributed by atoms with Crippen LogP contribution >= 0.6 is 11.3 Å². The van der Waals surface area contributed by atoms with E-state index in [1.54, 1.807) is 30.3 Å². The fourth-order valence-corrected chi connectivity index (χ4v) is 2.67. The normalized spacial score (nSPS) is 10.2. The summed E-state index contributed by atoms with van der Waals surface area (Å²) in [5.74, 6) is -0.348. The second-order valence-electron chi connectivity index (χ2n) is 4.94. The van der Waals surface area contributed by atoms with E-state index < -0.39 is 0 Å². The third kappa shape index (κ3) is 4.43. The maximum Gasteiger partial charge on any atom is 0.265 e. The summed E-state index contributed by atoms with van der Waals surface area (Å²) < 4.78 is 0. The van der Waals surface area contributed by atoms with Gasteiger partial charge >= 0.3 is 0 Å². The molecule has 1 aromatic carbocycles. The lowest BCUT2D eigenvalue weighted by Gasteiger charge is -2.11. The van der Waals surface area contributed by atoms with E-state index in [9.17, 15) is 9.59 Å². The fraction of sp³-hybridized carbons (Fsp3) is 0.294. The van der Waals surface area contributed by atoms with E-state index in [1.165, 1.54) is 11.3 Å². The summed E-state index contributed by atoms with van der Waals surface area (Å²) in [5.41, 5.74) is 1.03.